The highest BCUT2D eigenvalue weighted by molar-refractivity contribution is 6.30. The van der Waals surface area contributed by atoms with Crippen molar-refractivity contribution in [3.63, 3.8) is 0 Å². The van der Waals surface area contributed by atoms with Crippen LogP contribution in [0.1, 0.15) is 37.4 Å². The van der Waals surface area contributed by atoms with Gasteiger partial charge in [0.2, 0.25) is 0 Å². The zero-order valence-electron chi connectivity index (χ0n) is 10.9. The number of hydrogen-bond donors (Lipinski definition) is 1. The lowest BCUT2D eigenvalue weighted by molar-refractivity contribution is 0.0987. The summed E-state index contributed by atoms with van der Waals surface area (Å²) in [4.78, 5) is 0. The molecule has 1 saturated heterocycles. The van der Waals surface area contributed by atoms with Crippen molar-refractivity contribution in [2.75, 3.05) is 13.2 Å². The standard InChI is InChI=1S/C15H19ClN2O/c16-13-6-4-12(5-7-13)15-14(8-11-19-15)18-10-3-1-2-9-17/h4-7,14-15,18H,1-3,8,10-11H2/t14-,15+/m0/s1. The minimum absolute atomic E-state index is 0.119. The number of unbranched alkanes of at least 4 members (excludes halogenated alkanes) is 2. The highest BCUT2D eigenvalue weighted by atomic mass is 35.5. The van der Waals surface area contributed by atoms with Gasteiger partial charge in [-0.15, -0.1) is 0 Å². The summed E-state index contributed by atoms with van der Waals surface area (Å²) in [6.07, 6.45) is 3.79. The van der Waals surface area contributed by atoms with Gasteiger partial charge in [-0.2, -0.15) is 5.26 Å². The fraction of sp³-hybridized carbons (Fsp3) is 0.533. The van der Waals surface area contributed by atoms with Crippen LogP contribution < -0.4 is 5.32 Å². The molecule has 0 aromatic heterocycles. The number of rotatable bonds is 6. The van der Waals surface area contributed by atoms with E-state index in [9.17, 15) is 0 Å². The van der Waals surface area contributed by atoms with E-state index >= 15 is 0 Å². The number of hydrogen-bond acceptors (Lipinski definition) is 3. The van der Waals surface area contributed by atoms with Gasteiger partial charge in [-0.1, -0.05) is 23.7 Å². The maximum absolute atomic E-state index is 8.49. The lowest BCUT2D eigenvalue weighted by atomic mass is 10.0. The Morgan fingerprint density at radius 2 is 2.11 bits per heavy atom. The first kappa shape index (κ1) is 14.3. The zero-order chi connectivity index (χ0) is 13.5. The average molecular weight is 279 g/mol. The topological polar surface area (TPSA) is 45.0 Å². The quantitative estimate of drug-likeness (QED) is 0.811. The fourth-order valence-electron chi connectivity index (χ4n) is 2.40. The van der Waals surface area contributed by atoms with Crippen LogP contribution in [0.2, 0.25) is 5.02 Å². The number of nitrogens with zero attached hydrogens (tertiary/aromatic N) is 1. The van der Waals surface area contributed by atoms with Gasteiger partial charge in [-0.25, -0.2) is 0 Å². The van der Waals surface area contributed by atoms with Gasteiger partial charge in [0.1, 0.15) is 0 Å². The normalized spacial score (nSPS) is 22.3. The van der Waals surface area contributed by atoms with E-state index in [0.29, 0.717) is 12.5 Å². The van der Waals surface area contributed by atoms with E-state index in [-0.39, 0.29) is 6.10 Å². The van der Waals surface area contributed by atoms with Crippen LogP contribution in [0.4, 0.5) is 0 Å². The molecule has 2 rings (SSSR count). The predicted octanol–water partition coefficient (Wildman–Crippen LogP) is 3.45. The average Bonchev–Trinajstić information content (AvgIpc) is 2.88. The zero-order valence-corrected chi connectivity index (χ0v) is 11.7. The molecule has 102 valence electrons. The summed E-state index contributed by atoms with van der Waals surface area (Å²) in [5.74, 6) is 0. The molecule has 0 bridgehead atoms. The van der Waals surface area contributed by atoms with Crippen LogP contribution in [0.15, 0.2) is 24.3 Å². The van der Waals surface area contributed by atoms with Crippen molar-refractivity contribution >= 4 is 11.6 Å². The second-order valence-electron chi connectivity index (χ2n) is 4.81. The SMILES string of the molecule is N#CCCCCN[C@H]1CCO[C@@H]1c1ccc(Cl)cc1. The molecule has 0 aliphatic carbocycles. The monoisotopic (exact) mass is 278 g/mol. The van der Waals surface area contributed by atoms with Crippen LogP contribution in [0.25, 0.3) is 0 Å². The molecule has 1 heterocycles. The first-order valence-electron chi connectivity index (χ1n) is 6.78. The van der Waals surface area contributed by atoms with E-state index in [2.05, 4.69) is 11.4 Å². The third-order valence-corrected chi connectivity index (χ3v) is 3.66. The lowest BCUT2D eigenvalue weighted by Gasteiger charge is -2.20. The summed E-state index contributed by atoms with van der Waals surface area (Å²) in [6.45, 7) is 1.74. The van der Waals surface area contributed by atoms with Crippen LogP contribution >= 0.6 is 11.6 Å². The molecule has 1 N–H and O–H groups in total. The number of nitrogens with one attached hydrogen (secondary N) is 1. The molecule has 1 aliphatic heterocycles. The smallest absolute Gasteiger partial charge is 0.0978 e. The molecule has 2 atom stereocenters. The van der Waals surface area contributed by atoms with E-state index in [4.69, 9.17) is 21.6 Å². The molecule has 0 radical (unpaired) electrons. The molecule has 3 nitrogen and oxygen atoms in total. The van der Waals surface area contributed by atoms with Gasteiger partial charge in [0.25, 0.3) is 0 Å². The van der Waals surface area contributed by atoms with Crippen molar-refractivity contribution in [2.24, 2.45) is 0 Å². The molecular weight excluding hydrogens is 260 g/mol. The first-order valence-corrected chi connectivity index (χ1v) is 7.16. The number of nitriles is 1. The van der Waals surface area contributed by atoms with Crippen molar-refractivity contribution in [3.8, 4) is 6.07 Å². The Balaban J connectivity index is 1.83. The highest BCUT2D eigenvalue weighted by Gasteiger charge is 2.28. The van der Waals surface area contributed by atoms with E-state index in [0.717, 1.165) is 37.4 Å². The lowest BCUT2D eigenvalue weighted by Crippen LogP contribution is -2.32. The Morgan fingerprint density at radius 1 is 1.32 bits per heavy atom. The van der Waals surface area contributed by atoms with E-state index in [1.54, 1.807) is 0 Å². The Hall–Kier alpha value is -1.08. The Kier molecular flexibility index (Phi) is 5.65. The third kappa shape index (κ3) is 4.21. The van der Waals surface area contributed by atoms with Crippen molar-refractivity contribution in [1.82, 2.24) is 5.32 Å². The van der Waals surface area contributed by atoms with Crippen LogP contribution in [-0.4, -0.2) is 19.2 Å². The largest absolute Gasteiger partial charge is 0.372 e. The Bertz CT molecular complexity index is 427. The van der Waals surface area contributed by atoms with Crippen LogP contribution in [0.5, 0.6) is 0 Å². The number of benzene rings is 1. The highest BCUT2D eigenvalue weighted by Crippen LogP contribution is 2.29. The minimum atomic E-state index is 0.119. The molecule has 0 amide bonds. The van der Waals surface area contributed by atoms with Gasteiger partial charge in [0.15, 0.2) is 0 Å². The van der Waals surface area contributed by atoms with Gasteiger partial charge in [-0.3, -0.25) is 0 Å². The van der Waals surface area contributed by atoms with E-state index in [1.807, 2.05) is 24.3 Å². The summed E-state index contributed by atoms with van der Waals surface area (Å²) in [5, 5.41) is 12.8. The molecule has 4 heteroatoms. The summed E-state index contributed by atoms with van der Waals surface area (Å²) in [7, 11) is 0. The molecule has 1 aromatic carbocycles. The summed E-state index contributed by atoms with van der Waals surface area (Å²) in [6, 6.07) is 10.4. The fourth-order valence-corrected chi connectivity index (χ4v) is 2.52. The van der Waals surface area contributed by atoms with E-state index < -0.39 is 0 Å². The summed E-state index contributed by atoms with van der Waals surface area (Å²) >= 11 is 5.90. The second-order valence-corrected chi connectivity index (χ2v) is 5.24. The number of ether oxygens (including phenoxy) is 1. The second kappa shape index (κ2) is 7.49. The van der Waals surface area contributed by atoms with Crippen LogP contribution in [-0.2, 0) is 4.74 Å². The molecular formula is C15H19ClN2O. The van der Waals surface area contributed by atoms with Crippen molar-refractivity contribution in [2.45, 2.75) is 37.8 Å². The summed E-state index contributed by atoms with van der Waals surface area (Å²) in [5.41, 5.74) is 1.18. The first-order chi connectivity index (χ1) is 9.31. The summed E-state index contributed by atoms with van der Waals surface area (Å²) < 4.78 is 5.81. The van der Waals surface area contributed by atoms with Crippen molar-refractivity contribution in [3.05, 3.63) is 34.9 Å². The van der Waals surface area contributed by atoms with Crippen molar-refractivity contribution < 1.29 is 4.74 Å². The maximum atomic E-state index is 8.49. The molecule has 0 spiro atoms. The minimum Gasteiger partial charge on any atom is -0.372 e. The molecule has 0 unspecified atom stereocenters. The molecule has 1 fully saturated rings. The van der Waals surface area contributed by atoms with E-state index in [1.165, 1.54) is 5.56 Å². The van der Waals surface area contributed by atoms with Gasteiger partial charge >= 0.3 is 0 Å². The Labute approximate surface area is 119 Å². The number of halogens is 1. The van der Waals surface area contributed by atoms with Gasteiger partial charge in [0, 0.05) is 24.1 Å². The van der Waals surface area contributed by atoms with Crippen LogP contribution in [0, 0.1) is 11.3 Å². The molecule has 1 aliphatic rings. The van der Waals surface area contributed by atoms with Gasteiger partial charge in [0.05, 0.1) is 12.2 Å². The van der Waals surface area contributed by atoms with Gasteiger partial charge in [-0.05, 0) is 43.5 Å². The predicted molar refractivity (Wildman–Crippen MR) is 76.0 cm³/mol. The molecule has 0 saturated carbocycles. The molecule has 19 heavy (non-hydrogen) atoms. The van der Waals surface area contributed by atoms with Gasteiger partial charge < -0.3 is 10.1 Å². The maximum Gasteiger partial charge on any atom is 0.0978 e. The van der Waals surface area contributed by atoms with Crippen LogP contribution in [0.3, 0.4) is 0 Å². The van der Waals surface area contributed by atoms with Crippen molar-refractivity contribution in [1.29, 1.82) is 5.26 Å². The third-order valence-electron chi connectivity index (χ3n) is 3.41. The molecule has 1 aromatic rings. The Morgan fingerprint density at radius 3 is 2.84 bits per heavy atom.